The van der Waals surface area contributed by atoms with E-state index in [0.29, 0.717) is 6.42 Å². The average Bonchev–Trinajstić information content (AvgIpc) is 2.54. The number of carbonyl (C=O) groups excluding carboxylic acids is 1. The molecule has 0 aromatic heterocycles. The maximum absolute atomic E-state index is 12.1. The van der Waals surface area contributed by atoms with Crippen molar-refractivity contribution in [1.29, 1.82) is 0 Å². The molecule has 0 aliphatic rings. The normalized spacial score (nSPS) is 11.7. The molecule has 0 radical (unpaired) electrons. The van der Waals surface area contributed by atoms with Crippen molar-refractivity contribution in [2.75, 3.05) is 0 Å². The molecule has 2 rings (SSSR count). The Labute approximate surface area is 136 Å². The Morgan fingerprint density at radius 3 is 2.35 bits per heavy atom. The van der Waals surface area contributed by atoms with Crippen molar-refractivity contribution in [1.82, 2.24) is 5.32 Å². The van der Waals surface area contributed by atoms with Crippen molar-refractivity contribution < 1.29 is 14.7 Å². The van der Waals surface area contributed by atoms with E-state index >= 15 is 0 Å². The highest BCUT2D eigenvalue weighted by Crippen LogP contribution is 2.10. The SMILES string of the molecule is Cc1ccccc1CCC(=O)NC(Cc1ccccc1)C(=O)O. The Kier molecular flexibility index (Phi) is 5.92. The molecule has 0 aliphatic heterocycles. The van der Waals surface area contributed by atoms with Crippen molar-refractivity contribution in [3.8, 4) is 0 Å². The highest BCUT2D eigenvalue weighted by atomic mass is 16.4. The fourth-order valence-electron chi connectivity index (χ4n) is 2.46. The highest BCUT2D eigenvalue weighted by Gasteiger charge is 2.20. The first kappa shape index (κ1) is 16.7. The van der Waals surface area contributed by atoms with Gasteiger partial charge in [-0.3, -0.25) is 4.79 Å². The molecule has 2 aromatic carbocycles. The van der Waals surface area contributed by atoms with Crippen LogP contribution < -0.4 is 5.32 Å². The topological polar surface area (TPSA) is 66.4 Å². The molecule has 1 atom stereocenters. The fraction of sp³-hybridized carbons (Fsp3) is 0.263. The van der Waals surface area contributed by atoms with Gasteiger partial charge in [0.1, 0.15) is 6.04 Å². The van der Waals surface area contributed by atoms with Gasteiger partial charge in [0.2, 0.25) is 5.91 Å². The monoisotopic (exact) mass is 311 g/mol. The summed E-state index contributed by atoms with van der Waals surface area (Å²) in [6, 6.07) is 16.3. The van der Waals surface area contributed by atoms with E-state index in [4.69, 9.17) is 0 Å². The van der Waals surface area contributed by atoms with E-state index in [1.807, 2.05) is 61.5 Å². The second-order valence-corrected chi connectivity index (χ2v) is 5.57. The molecule has 0 saturated carbocycles. The summed E-state index contributed by atoms with van der Waals surface area (Å²) < 4.78 is 0. The van der Waals surface area contributed by atoms with Gasteiger partial charge < -0.3 is 10.4 Å². The van der Waals surface area contributed by atoms with Crippen LogP contribution >= 0.6 is 0 Å². The molecule has 0 fully saturated rings. The fourth-order valence-corrected chi connectivity index (χ4v) is 2.46. The van der Waals surface area contributed by atoms with E-state index in [1.54, 1.807) is 0 Å². The third-order valence-corrected chi connectivity index (χ3v) is 3.80. The highest BCUT2D eigenvalue weighted by molar-refractivity contribution is 5.83. The summed E-state index contributed by atoms with van der Waals surface area (Å²) in [5.41, 5.74) is 3.14. The second-order valence-electron chi connectivity index (χ2n) is 5.57. The first-order valence-electron chi connectivity index (χ1n) is 7.67. The minimum Gasteiger partial charge on any atom is -0.480 e. The van der Waals surface area contributed by atoms with Crippen LogP contribution in [0, 0.1) is 6.92 Å². The summed E-state index contributed by atoms with van der Waals surface area (Å²) in [6.07, 6.45) is 1.17. The molecule has 120 valence electrons. The molecule has 4 heteroatoms. The molecule has 0 spiro atoms. The van der Waals surface area contributed by atoms with Gasteiger partial charge in [-0.25, -0.2) is 4.79 Å². The van der Waals surface area contributed by atoms with Crippen LogP contribution in [0.4, 0.5) is 0 Å². The zero-order valence-corrected chi connectivity index (χ0v) is 13.2. The Morgan fingerprint density at radius 1 is 1.04 bits per heavy atom. The number of carboxylic acids is 1. The largest absolute Gasteiger partial charge is 0.480 e. The molecular weight excluding hydrogens is 290 g/mol. The Morgan fingerprint density at radius 2 is 1.70 bits per heavy atom. The van der Waals surface area contributed by atoms with Crippen molar-refractivity contribution in [3.63, 3.8) is 0 Å². The zero-order chi connectivity index (χ0) is 16.7. The molecule has 1 unspecified atom stereocenters. The number of rotatable bonds is 7. The van der Waals surface area contributed by atoms with Gasteiger partial charge in [0.05, 0.1) is 0 Å². The first-order chi connectivity index (χ1) is 11.1. The Bertz CT molecular complexity index is 667. The first-order valence-corrected chi connectivity index (χ1v) is 7.67. The van der Waals surface area contributed by atoms with E-state index in [-0.39, 0.29) is 18.7 Å². The number of hydrogen-bond donors (Lipinski definition) is 2. The van der Waals surface area contributed by atoms with Gasteiger partial charge in [-0.15, -0.1) is 0 Å². The minimum absolute atomic E-state index is 0.239. The molecular formula is C19H21NO3. The Hall–Kier alpha value is -2.62. The summed E-state index contributed by atoms with van der Waals surface area (Å²) in [5, 5.41) is 11.9. The van der Waals surface area contributed by atoms with Gasteiger partial charge in [0.25, 0.3) is 0 Å². The number of amides is 1. The average molecular weight is 311 g/mol. The summed E-state index contributed by atoms with van der Waals surface area (Å²) in [6.45, 7) is 2.00. The summed E-state index contributed by atoms with van der Waals surface area (Å²) in [5.74, 6) is -1.25. The lowest BCUT2D eigenvalue weighted by Gasteiger charge is -2.15. The standard InChI is InChI=1S/C19H21NO3/c1-14-7-5-6-10-16(14)11-12-18(21)20-17(19(22)23)13-15-8-3-2-4-9-15/h2-10,17H,11-13H2,1H3,(H,20,21)(H,22,23). The molecule has 0 heterocycles. The number of hydrogen-bond acceptors (Lipinski definition) is 2. The van der Waals surface area contributed by atoms with Crippen molar-refractivity contribution in [3.05, 3.63) is 71.3 Å². The third-order valence-electron chi connectivity index (χ3n) is 3.80. The van der Waals surface area contributed by atoms with Crippen LogP contribution in [-0.2, 0) is 22.4 Å². The van der Waals surface area contributed by atoms with Gasteiger partial charge in [-0.1, -0.05) is 54.6 Å². The van der Waals surface area contributed by atoms with Crippen molar-refractivity contribution in [2.45, 2.75) is 32.2 Å². The van der Waals surface area contributed by atoms with Gasteiger partial charge in [-0.2, -0.15) is 0 Å². The summed E-state index contributed by atoms with van der Waals surface area (Å²) in [4.78, 5) is 23.4. The van der Waals surface area contributed by atoms with Crippen LogP contribution in [0.25, 0.3) is 0 Å². The van der Waals surface area contributed by atoms with Gasteiger partial charge in [-0.05, 0) is 30.0 Å². The lowest BCUT2D eigenvalue weighted by Crippen LogP contribution is -2.42. The Balaban J connectivity index is 1.91. The van der Waals surface area contributed by atoms with Crippen LogP contribution in [0.3, 0.4) is 0 Å². The molecule has 23 heavy (non-hydrogen) atoms. The lowest BCUT2D eigenvalue weighted by molar-refractivity contribution is -0.141. The van der Waals surface area contributed by atoms with Gasteiger partial charge in [0, 0.05) is 12.8 Å². The molecule has 0 bridgehead atoms. The molecule has 1 amide bonds. The third kappa shape index (κ3) is 5.25. The van der Waals surface area contributed by atoms with Crippen LogP contribution in [-0.4, -0.2) is 23.0 Å². The van der Waals surface area contributed by atoms with E-state index in [1.165, 1.54) is 0 Å². The van der Waals surface area contributed by atoms with Crippen molar-refractivity contribution >= 4 is 11.9 Å². The number of aryl methyl sites for hydroxylation is 2. The second kappa shape index (κ2) is 8.13. The molecule has 0 aliphatic carbocycles. The quantitative estimate of drug-likeness (QED) is 0.826. The zero-order valence-electron chi connectivity index (χ0n) is 13.2. The van der Waals surface area contributed by atoms with Crippen LogP contribution in [0.5, 0.6) is 0 Å². The summed E-state index contributed by atoms with van der Waals surface area (Å²) >= 11 is 0. The number of carbonyl (C=O) groups is 2. The van der Waals surface area contributed by atoms with E-state index < -0.39 is 12.0 Å². The van der Waals surface area contributed by atoms with E-state index in [0.717, 1.165) is 16.7 Å². The van der Waals surface area contributed by atoms with Crippen molar-refractivity contribution in [2.24, 2.45) is 0 Å². The number of nitrogens with one attached hydrogen (secondary N) is 1. The minimum atomic E-state index is -1.02. The van der Waals surface area contributed by atoms with E-state index in [2.05, 4.69) is 5.32 Å². The molecule has 2 N–H and O–H groups in total. The van der Waals surface area contributed by atoms with E-state index in [9.17, 15) is 14.7 Å². The predicted molar refractivity (Wildman–Crippen MR) is 89.2 cm³/mol. The number of carboxylic acid groups (broad SMARTS) is 1. The van der Waals surface area contributed by atoms with Gasteiger partial charge >= 0.3 is 5.97 Å². The number of aliphatic carboxylic acids is 1. The predicted octanol–water partition coefficient (Wildman–Crippen LogP) is 2.74. The van der Waals surface area contributed by atoms with Crippen LogP contribution in [0.15, 0.2) is 54.6 Å². The smallest absolute Gasteiger partial charge is 0.326 e. The summed E-state index contributed by atoms with van der Waals surface area (Å²) in [7, 11) is 0. The van der Waals surface area contributed by atoms with Crippen LogP contribution in [0.2, 0.25) is 0 Å². The molecule has 2 aromatic rings. The molecule has 0 saturated heterocycles. The maximum atomic E-state index is 12.1. The van der Waals surface area contributed by atoms with Gasteiger partial charge in [0.15, 0.2) is 0 Å². The van der Waals surface area contributed by atoms with Crippen LogP contribution in [0.1, 0.15) is 23.1 Å². The lowest BCUT2D eigenvalue weighted by atomic mass is 10.0. The maximum Gasteiger partial charge on any atom is 0.326 e. The number of benzene rings is 2. The molecule has 4 nitrogen and oxygen atoms in total.